The fourth-order valence-corrected chi connectivity index (χ4v) is 0.980. The molecule has 0 saturated heterocycles. The molecule has 1 aliphatic rings. The van der Waals surface area contributed by atoms with Crippen molar-refractivity contribution in [2.45, 2.75) is 26.7 Å². The summed E-state index contributed by atoms with van der Waals surface area (Å²) >= 11 is 0. The van der Waals surface area contributed by atoms with Crippen LogP contribution < -0.4 is 0 Å². The molecule has 0 heterocycles. The van der Waals surface area contributed by atoms with Gasteiger partial charge in [0.05, 0.1) is 0 Å². The Morgan fingerprint density at radius 1 is 1.70 bits per heavy atom. The van der Waals surface area contributed by atoms with Crippen LogP contribution in [0, 0.1) is 12.0 Å². The maximum absolute atomic E-state index is 3.31. The topological polar surface area (TPSA) is 0 Å². The monoisotopic (exact) mass is 210 g/mol. The first-order valence-corrected chi connectivity index (χ1v) is 3.62. The quantitative estimate of drug-likeness (QED) is 0.614. The summed E-state index contributed by atoms with van der Waals surface area (Å²) in [5, 5.41) is 0. The summed E-state index contributed by atoms with van der Waals surface area (Å²) in [6.45, 7) is 4.46. The molecule has 0 N–H and O–H groups in total. The number of rotatable bonds is 2. The number of allylic oxidation sites excluding steroid dienone is 4. The summed E-state index contributed by atoms with van der Waals surface area (Å²) in [5.41, 5.74) is 1.40. The molecule has 1 aliphatic carbocycles. The minimum absolute atomic E-state index is 0. The second-order valence-corrected chi connectivity index (χ2v) is 2.55. The van der Waals surface area contributed by atoms with E-state index in [4.69, 9.17) is 0 Å². The van der Waals surface area contributed by atoms with Crippen molar-refractivity contribution in [1.82, 2.24) is 0 Å². The Bertz CT molecular complexity index is 145. The molecule has 0 aromatic rings. The molecular weight excluding hydrogens is 197 g/mol. The molecule has 0 saturated carbocycles. The third-order valence-electron chi connectivity index (χ3n) is 1.86. The van der Waals surface area contributed by atoms with Crippen LogP contribution in [-0.4, -0.2) is 0 Å². The Kier molecular flexibility index (Phi) is 5.57. The third-order valence-corrected chi connectivity index (χ3v) is 1.86. The minimum Gasteiger partial charge on any atom is -0.269 e. The van der Waals surface area contributed by atoms with Gasteiger partial charge < -0.3 is 0 Å². The van der Waals surface area contributed by atoms with E-state index in [1.807, 2.05) is 0 Å². The molecule has 0 spiro atoms. The SMILES string of the molecule is CCC(C)C1=[C-]CC=C1.[Y]. The molecule has 0 bridgehead atoms. The molecule has 0 aromatic carbocycles. The molecule has 1 radical (unpaired) electrons. The fraction of sp³-hybridized carbons (Fsp3) is 0.556. The molecule has 1 rings (SSSR count). The van der Waals surface area contributed by atoms with Gasteiger partial charge in [-0.15, -0.1) is 6.42 Å². The van der Waals surface area contributed by atoms with E-state index >= 15 is 0 Å². The Labute approximate surface area is 88.7 Å². The molecule has 0 nitrogen and oxygen atoms in total. The van der Waals surface area contributed by atoms with E-state index in [0.29, 0.717) is 5.92 Å². The van der Waals surface area contributed by atoms with Crippen LogP contribution >= 0.6 is 0 Å². The van der Waals surface area contributed by atoms with Gasteiger partial charge in [-0.2, -0.15) is 6.08 Å². The van der Waals surface area contributed by atoms with Crippen LogP contribution in [0.15, 0.2) is 17.7 Å². The molecule has 0 fully saturated rings. The Morgan fingerprint density at radius 3 is 2.80 bits per heavy atom. The van der Waals surface area contributed by atoms with Gasteiger partial charge in [0.2, 0.25) is 0 Å². The van der Waals surface area contributed by atoms with Crippen molar-refractivity contribution in [2.24, 2.45) is 5.92 Å². The van der Waals surface area contributed by atoms with Crippen molar-refractivity contribution in [1.29, 1.82) is 0 Å². The van der Waals surface area contributed by atoms with Gasteiger partial charge >= 0.3 is 0 Å². The Hall–Kier alpha value is 0.584. The molecule has 0 amide bonds. The fourth-order valence-electron chi connectivity index (χ4n) is 0.980. The van der Waals surface area contributed by atoms with Crippen molar-refractivity contribution >= 4 is 0 Å². The molecule has 10 heavy (non-hydrogen) atoms. The van der Waals surface area contributed by atoms with E-state index in [9.17, 15) is 0 Å². The van der Waals surface area contributed by atoms with Crippen molar-refractivity contribution in [3.05, 3.63) is 23.8 Å². The normalized spacial score (nSPS) is 18.0. The standard InChI is InChI=1S/C9H13.Y/c1-3-8(2)9-6-4-5-7-9;/h4,6,8H,3,5H2,1-2H3;/q-1;. The van der Waals surface area contributed by atoms with Gasteiger partial charge in [0.15, 0.2) is 0 Å². The molecule has 1 unspecified atom stereocenters. The largest absolute Gasteiger partial charge is 0.269 e. The molecule has 1 atom stereocenters. The van der Waals surface area contributed by atoms with Crippen LogP contribution in [0.25, 0.3) is 0 Å². The van der Waals surface area contributed by atoms with Crippen molar-refractivity contribution in [2.75, 3.05) is 0 Å². The summed E-state index contributed by atoms with van der Waals surface area (Å²) in [6, 6.07) is 0. The van der Waals surface area contributed by atoms with Crippen LogP contribution in [0.4, 0.5) is 0 Å². The van der Waals surface area contributed by atoms with Crippen molar-refractivity contribution in [3.8, 4) is 0 Å². The van der Waals surface area contributed by atoms with E-state index in [0.717, 1.165) is 6.42 Å². The number of hydrogen-bond acceptors (Lipinski definition) is 0. The van der Waals surface area contributed by atoms with Gasteiger partial charge in [0.25, 0.3) is 0 Å². The van der Waals surface area contributed by atoms with E-state index in [1.165, 1.54) is 12.0 Å². The summed E-state index contributed by atoms with van der Waals surface area (Å²) < 4.78 is 0. The Balaban J connectivity index is 0.000000810. The summed E-state index contributed by atoms with van der Waals surface area (Å²) in [5.74, 6) is 0.712. The molecular formula is C9H13Y-. The number of hydrogen-bond donors (Lipinski definition) is 0. The predicted molar refractivity (Wildman–Crippen MR) is 40.0 cm³/mol. The first-order chi connectivity index (χ1) is 4.34. The predicted octanol–water partition coefficient (Wildman–Crippen LogP) is 2.72. The zero-order valence-electron chi connectivity index (χ0n) is 6.72. The Morgan fingerprint density at radius 2 is 2.40 bits per heavy atom. The van der Waals surface area contributed by atoms with Crippen LogP contribution in [0.2, 0.25) is 0 Å². The minimum atomic E-state index is 0. The molecule has 0 aromatic heterocycles. The zero-order valence-corrected chi connectivity index (χ0v) is 9.56. The molecule has 0 aliphatic heterocycles. The van der Waals surface area contributed by atoms with Gasteiger partial charge in [-0.25, -0.2) is 11.6 Å². The zero-order chi connectivity index (χ0) is 6.69. The van der Waals surface area contributed by atoms with Crippen molar-refractivity contribution in [3.63, 3.8) is 0 Å². The second kappa shape index (κ2) is 5.26. The van der Waals surface area contributed by atoms with Crippen LogP contribution in [0.1, 0.15) is 26.7 Å². The van der Waals surface area contributed by atoms with Crippen LogP contribution in [-0.2, 0) is 32.7 Å². The average Bonchev–Trinajstić information content (AvgIpc) is 2.37. The third kappa shape index (κ3) is 2.68. The van der Waals surface area contributed by atoms with Crippen LogP contribution in [0.5, 0.6) is 0 Å². The van der Waals surface area contributed by atoms with E-state index in [1.54, 1.807) is 0 Å². The molecule has 1 heteroatoms. The summed E-state index contributed by atoms with van der Waals surface area (Å²) in [7, 11) is 0. The average molecular weight is 210 g/mol. The maximum atomic E-state index is 3.31. The van der Waals surface area contributed by atoms with E-state index in [2.05, 4.69) is 32.1 Å². The van der Waals surface area contributed by atoms with Crippen LogP contribution in [0.3, 0.4) is 0 Å². The van der Waals surface area contributed by atoms with E-state index in [-0.39, 0.29) is 32.7 Å². The van der Waals surface area contributed by atoms with E-state index < -0.39 is 0 Å². The first-order valence-electron chi connectivity index (χ1n) is 3.62. The van der Waals surface area contributed by atoms with Gasteiger partial charge in [-0.1, -0.05) is 26.2 Å². The van der Waals surface area contributed by atoms with Gasteiger partial charge in [0, 0.05) is 32.7 Å². The molecule has 53 valence electrons. The van der Waals surface area contributed by atoms with Gasteiger partial charge in [-0.05, 0) is 0 Å². The van der Waals surface area contributed by atoms with Gasteiger partial charge in [-0.3, -0.25) is 6.08 Å². The first kappa shape index (κ1) is 10.6. The smallest absolute Gasteiger partial charge is 0 e. The summed E-state index contributed by atoms with van der Waals surface area (Å²) in [6.07, 6.45) is 9.93. The second-order valence-electron chi connectivity index (χ2n) is 2.55. The summed E-state index contributed by atoms with van der Waals surface area (Å²) in [4.78, 5) is 0. The maximum Gasteiger partial charge on any atom is 0 e. The van der Waals surface area contributed by atoms with Crippen molar-refractivity contribution < 1.29 is 32.7 Å². The van der Waals surface area contributed by atoms with Gasteiger partial charge in [0.1, 0.15) is 0 Å².